The molecule has 2 atom stereocenters. The number of nitrogens with zero attached hydrogens (tertiary/aromatic N) is 1. The molecule has 0 radical (unpaired) electrons. The van der Waals surface area contributed by atoms with Crippen LogP contribution in [0.2, 0.25) is 0 Å². The van der Waals surface area contributed by atoms with Gasteiger partial charge in [-0.3, -0.25) is 4.79 Å². The van der Waals surface area contributed by atoms with E-state index >= 15 is 0 Å². The monoisotopic (exact) mass is 280 g/mol. The lowest BCUT2D eigenvalue weighted by atomic mass is 10.1. The molecule has 1 aromatic carbocycles. The maximum Gasteiger partial charge on any atom is 0.322 e. The van der Waals surface area contributed by atoms with Crippen molar-refractivity contribution in [3.63, 3.8) is 0 Å². The number of aliphatic carboxylic acids is 1. The first kappa shape index (κ1) is 14.3. The molecule has 0 bridgehead atoms. The van der Waals surface area contributed by atoms with Crippen molar-refractivity contribution in [2.24, 2.45) is 0 Å². The van der Waals surface area contributed by atoms with Gasteiger partial charge >= 0.3 is 12.0 Å². The van der Waals surface area contributed by atoms with Crippen molar-refractivity contribution in [3.05, 3.63) is 29.8 Å². The first-order chi connectivity index (χ1) is 9.45. The molecule has 1 aliphatic heterocycles. The molecule has 1 aliphatic rings. The summed E-state index contributed by atoms with van der Waals surface area (Å²) in [6.07, 6.45) is -1.91. The Bertz CT molecular complexity index is 492. The number of aliphatic hydroxyl groups is 2. The normalized spacial score (nSPS) is 21.8. The fourth-order valence-corrected chi connectivity index (χ4v) is 2.02. The second-order valence-electron chi connectivity index (χ2n) is 4.74. The van der Waals surface area contributed by atoms with Gasteiger partial charge in [-0.05, 0) is 17.7 Å². The van der Waals surface area contributed by atoms with E-state index in [9.17, 15) is 19.8 Å². The SMILES string of the molecule is O=C(O)Cc1ccc(NC(=O)N2CC(O)C(O)C2)cc1. The lowest BCUT2D eigenvalue weighted by Crippen LogP contribution is -2.33. The lowest BCUT2D eigenvalue weighted by Gasteiger charge is -2.16. The Hall–Kier alpha value is -2.12. The van der Waals surface area contributed by atoms with Gasteiger partial charge in [-0.1, -0.05) is 12.1 Å². The number of carbonyl (C=O) groups is 2. The fraction of sp³-hybridized carbons (Fsp3) is 0.385. The molecule has 0 aromatic heterocycles. The number of hydrogen-bond donors (Lipinski definition) is 4. The lowest BCUT2D eigenvalue weighted by molar-refractivity contribution is -0.136. The van der Waals surface area contributed by atoms with Gasteiger partial charge in [0.05, 0.1) is 31.7 Å². The van der Waals surface area contributed by atoms with E-state index in [1.54, 1.807) is 24.3 Å². The number of carboxylic acid groups (broad SMARTS) is 1. The first-order valence-corrected chi connectivity index (χ1v) is 6.18. The zero-order valence-electron chi connectivity index (χ0n) is 10.7. The third kappa shape index (κ3) is 3.46. The van der Waals surface area contributed by atoms with Crippen LogP contribution < -0.4 is 5.32 Å². The molecule has 2 unspecified atom stereocenters. The molecule has 20 heavy (non-hydrogen) atoms. The summed E-state index contributed by atoms with van der Waals surface area (Å²) in [5.74, 6) is -0.915. The summed E-state index contributed by atoms with van der Waals surface area (Å²) in [6, 6.07) is 6.05. The highest BCUT2D eigenvalue weighted by Crippen LogP contribution is 2.14. The largest absolute Gasteiger partial charge is 0.481 e. The number of nitrogens with one attached hydrogen (secondary N) is 1. The summed E-state index contributed by atoms with van der Waals surface area (Å²) in [7, 11) is 0. The predicted octanol–water partition coefficient (Wildman–Crippen LogP) is -0.117. The number of hydrogen-bond acceptors (Lipinski definition) is 4. The molecule has 4 N–H and O–H groups in total. The van der Waals surface area contributed by atoms with Gasteiger partial charge in [-0.15, -0.1) is 0 Å². The van der Waals surface area contributed by atoms with Gasteiger partial charge in [0.15, 0.2) is 0 Å². The van der Waals surface area contributed by atoms with E-state index in [1.165, 1.54) is 4.90 Å². The van der Waals surface area contributed by atoms with E-state index < -0.39 is 24.2 Å². The molecule has 108 valence electrons. The van der Waals surface area contributed by atoms with Gasteiger partial charge in [-0.25, -0.2) is 4.79 Å². The number of β-amino-alcohol motifs (C(OH)–C–C–N with tert-alkyl or cyclic N) is 2. The molecule has 0 aliphatic carbocycles. The minimum absolute atomic E-state index is 0.0707. The molecule has 0 saturated carbocycles. The van der Waals surface area contributed by atoms with Crippen LogP contribution in [0, 0.1) is 0 Å². The number of aliphatic hydroxyl groups excluding tert-OH is 2. The number of amides is 2. The Morgan fingerprint density at radius 1 is 1.15 bits per heavy atom. The maximum absolute atomic E-state index is 11.9. The summed E-state index contributed by atoms with van der Waals surface area (Å²) < 4.78 is 0. The van der Waals surface area contributed by atoms with Crippen molar-refractivity contribution < 1.29 is 24.9 Å². The van der Waals surface area contributed by atoms with Crippen molar-refractivity contribution in [2.45, 2.75) is 18.6 Å². The van der Waals surface area contributed by atoms with Crippen molar-refractivity contribution in [2.75, 3.05) is 18.4 Å². The number of carboxylic acids is 1. The summed E-state index contributed by atoms with van der Waals surface area (Å²) in [5, 5.41) is 30.0. The third-order valence-corrected chi connectivity index (χ3v) is 3.11. The Kier molecular flexibility index (Phi) is 4.21. The Balaban J connectivity index is 1.93. The second kappa shape index (κ2) is 5.89. The van der Waals surface area contributed by atoms with Crippen molar-refractivity contribution in [1.29, 1.82) is 0 Å². The summed E-state index contributed by atoms with van der Waals surface area (Å²) >= 11 is 0. The molecule has 2 amide bonds. The van der Waals surface area contributed by atoms with Crippen LogP contribution in [0.5, 0.6) is 0 Å². The van der Waals surface area contributed by atoms with E-state index in [1.807, 2.05) is 0 Å². The van der Waals surface area contributed by atoms with Crippen molar-refractivity contribution >= 4 is 17.7 Å². The highest BCUT2D eigenvalue weighted by atomic mass is 16.4. The number of benzene rings is 1. The van der Waals surface area contributed by atoms with Crippen LogP contribution >= 0.6 is 0 Å². The highest BCUT2D eigenvalue weighted by Gasteiger charge is 2.32. The Morgan fingerprint density at radius 3 is 2.20 bits per heavy atom. The van der Waals surface area contributed by atoms with Gasteiger partial charge in [-0.2, -0.15) is 0 Å². The average molecular weight is 280 g/mol. The summed E-state index contributed by atoms with van der Waals surface area (Å²) in [4.78, 5) is 23.7. The molecular weight excluding hydrogens is 264 g/mol. The van der Waals surface area contributed by atoms with Gasteiger partial charge < -0.3 is 25.5 Å². The first-order valence-electron chi connectivity index (χ1n) is 6.18. The van der Waals surface area contributed by atoms with Crippen LogP contribution in [-0.4, -0.2) is 57.5 Å². The highest BCUT2D eigenvalue weighted by molar-refractivity contribution is 5.89. The van der Waals surface area contributed by atoms with Crippen molar-refractivity contribution in [3.8, 4) is 0 Å². The van der Waals surface area contributed by atoms with E-state index in [2.05, 4.69) is 5.32 Å². The number of anilines is 1. The predicted molar refractivity (Wildman–Crippen MR) is 70.4 cm³/mol. The zero-order valence-corrected chi connectivity index (χ0v) is 10.7. The van der Waals surface area contributed by atoms with Gasteiger partial charge in [0.1, 0.15) is 0 Å². The van der Waals surface area contributed by atoms with E-state index in [0.717, 1.165) is 0 Å². The number of likely N-dealkylation sites (tertiary alicyclic amines) is 1. The minimum Gasteiger partial charge on any atom is -0.481 e. The van der Waals surface area contributed by atoms with Crippen molar-refractivity contribution in [1.82, 2.24) is 4.90 Å². The smallest absolute Gasteiger partial charge is 0.322 e. The van der Waals surface area contributed by atoms with Crippen LogP contribution in [0.15, 0.2) is 24.3 Å². The van der Waals surface area contributed by atoms with Crippen LogP contribution in [-0.2, 0) is 11.2 Å². The van der Waals surface area contributed by atoms with E-state index in [-0.39, 0.29) is 19.5 Å². The van der Waals surface area contributed by atoms with Crippen LogP contribution in [0.4, 0.5) is 10.5 Å². The van der Waals surface area contributed by atoms with Gasteiger partial charge in [0.25, 0.3) is 0 Å². The molecule has 7 nitrogen and oxygen atoms in total. The zero-order chi connectivity index (χ0) is 14.7. The average Bonchev–Trinajstić information content (AvgIpc) is 2.71. The quantitative estimate of drug-likeness (QED) is 0.617. The van der Waals surface area contributed by atoms with Gasteiger partial charge in [0.2, 0.25) is 0 Å². The molecule has 2 rings (SSSR count). The Labute approximate surface area is 115 Å². The molecule has 0 spiro atoms. The van der Waals surface area contributed by atoms with E-state index in [0.29, 0.717) is 11.3 Å². The Morgan fingerprint density at radius 2 is 1.70 bits per heavy atom. The second-order valence-corrected chi connectivity index (χ2v) is 4.74. The molecular formula is C13H16N2O5. The summed E-state index contributed by atoms with van der Waals surface area (Å²) in [5.41, 5.74) is 1.17. The van der Waals surface area contributed by atoms with E-state index in [4.69, 9.17) is 5.11 Å². The fourth-order valence-electron chi connectivity index (χ4n) is 2.02. The van der Waals surface area contributed by atoms with Gasteiger partial charge in [0, 0.05) is 5.69 Å². The maximum atomic E-state index is 11.9. The molecule has 1 fully saturated rings. The molecule has 1 saturated heterocycles. The number of rotatable bonds is 3. The number of urea groups is 1. The van der Waals surface area contributed by atoms with Crippen LogP contribution in [0.1, 0.15) is 5.56 Å². The molecule has 7 heteroatoms. The molecule has 1 heterocycles. The number of carbonyl (C=O) groups excluding carboxylic acids is 1. The van der Waals surface area contributed by atoms with Crippen LogP contribution in [0.25, 0.3) is 0 Å². The standard InChI is InChI=1S/C13H16N2O5/c16-10-6-15(7-11(10)17)13(20)14-9-3-1-8(2-4-9)5-12(18)19/h1-4,10-11,16-17H,5-7H2,(H,14,20)(H,18,19). The summed E-state index contributed by atoms with van der Waals surface area (Å²) in [6.45, 7) is 0.175. The topological polar surface area (TPSA) is 110 Å². The minimum atomic E-state index is -0.918. The molecule has 1 aromatic rings. The third-order valence-electron chi connectivity index (χ3n) is 3.11. The van der Waals surface area contributed by atoms with Crippen LogP contribution in [0.3, 0.4) is 0 Å².